The molecular weight excluding hydrogens is 452 g/mol. The van der Waals surface area contributed by atoms with Gasteiger partial charge in [0.25, 0.3) is 5.91 Å². The molecule has 4 rings (SSSR count). The molecule has 2 amide bonds. The Kier molecular flexibility index (Phi) is 7.68. The topological polar surface area (TPSA) is 58.2 Å². The largest absolute Gasteiger partial charge is 0.325 e. The molecule has 2 N–H and O–H groups in total. The molecule has 4 nitrogen and oxygen atoms in total. The Morgan fingerprint density at radius 1 is 0.686 bits per heavy atom. The van der Waals surface area contributed by atoms with Gasteiger partial charge >= 0.3 is 0 Å². The lowest BCUT2D eigenvalue weighted by Crippen LogP contribution is -2.19. The predicted molar refractivity (Wildman–Crippen MR) is 145 cm³/mol. The number of anilines is 2. The normalized spacial score (nSPS) is 11.5. The Morgan fingerprint density at radius 3 is 2.17 bits per heavy atom. The highest BCUT2D eigenvalue weighted by atomic mass is 32.2. The van der Waals surface area contributed by atoms with E-state index in [1.165, 1.54) is 17.3 Å². The van der Waals surface area contributed by atoms with Crippen molar-refractivity contribution in [1.29, 1.82) is 0 Å². The molecule has 5 heteroatoms. The van der Waals surface area contributed by atoms with Crippen LogP contribution in [0.5, 0.6) is 0 Å². The van der Waals surface area contributed by atoms with Crippen molar-refractivity contribution in [2.24, 2.45) is 0 Å². The lowest BCUT2D eigenvalue weighted by Gasteiger charge is -2.18. The lowest BCUT2D eigenvalue weighted by atomic mass is 10.1. The van der Waals surface area contributed by atoms with Gasteiger partial charge in [0.1, 0.15) is 5.25 Å². The lowest BCUT2D eigenvalue weighted by molar-refractivity contribution is -0.115. The van der Waals surface area contributed by atoms with E-state index in [0.717, 1.165) is 27.3 Å². The Labute approximate surface area is 210 Å². The molecule has 0 aromatic heterocycles. The highest BCUT2D eigenvalue weighted by Crippen LogP contribution is 2.37. The third-order valence-corrected chi connectivity index (χ3v) is 6.99. The number of amides is 2. The number of carbonyl (C=O) groups excluding carboxylic acids is 2. The molecule has 4 aromatic carbocycles. The van der Waals surface area contributed by atoms with Crippen LogP contribution >= 0.6 is 11.8 Å². The number of benzene rings is 4. The minimum absolute atomic E-state index is 0.0985. The summed E-state index contributed by atoms with van der Waals surface area (Å²) in [6.45, 7) is 6.04. The monoisotopic (exact) mass is 480 g/mol. The van der Waals surface area contributed by atoms with Crippen molar-refractivity contribution in [3.05, 3.63) is 125 Å². The first-order valence-electron chi connectivity index (χ1n) is 11.5. The van der Waals surface area contributed by atoms with E-state index in [-0.39, 0.29) is 11.8 Å². The van der Waals surface area contributed by atoms with Crippen LogP contribution in [0.15, 0.2) is 102 Å². The van der Waals surface area contributed by atoms with Gasteiger partial charge in [-0.15, -0.1) is 11.8 Å². The van der Waals surface area contributed by atoms with Crippen LogP contribution in [-0.2, 0) is 4.79 Å². The Bertz CT molecular complexity index is 1350. The van der Waals surface area contributed by atoms with Gasteiger partial charge in [0.05, 0.1) is 0 Å². The van der Waals surface area contributed by atoms with Crippen LogP contribution in [0, 0.1) is 20.8 Å². The number of thioether (sulfide) groups is 1. The van der Waals surface area contributed by atoms with Gasteiger partial charge in [-0.25, -0.2) is 0 Å². The zero-order chi connectivity index (χ0) is 24.8. The SMILES string of the molecule is Cc1cccc(C(=O)Nc2cccc(SC(C(=O)Nc3ccc(C)c(C)c3)c3ccccc3)c2)c1. The number of aryl methyl sites for hydroxylation is 3. The molecule has 0 radical (unpaired) electrons. The van der Waals surface area contributed by atoms with E-state index in [1.54, 1.807) is 6.07 Å². The quantitative estimate of drug-likeness (QED) is 0.272. The van der Waals surface area contributed by atoms with Crippen molar-refractivity contribution in [2.75, 3.05) is 10.6 Å². The molecule has 0 aliphatic rings. The molecule has 4 aromatic rings. The van der Waals surface area contributed by atoms with E-state index >= 15 is 0 Å². The molecule has 0 fully saturated rings. The van der Waals surface area contributed by atoms with Gasteiger partial charge in [-0.05, 0) is 79.9 Å². The van der Waals surface area contributed by atoms with Crippen LogP contribution in [0.4, 0.5) is 11.4 Å². The van der Waals surface area contributed by atoms with E-state index in [2.05, 4.69) is 10.6 Å². The molecule has 0 heterocycles. The van der Waals surface area contributed by atoms with Crippen LogP contribution in [0.2, 0.25) is 0 Å². The number of hydrogen-bond acceptors (Lipinski definition) is 3. The van der Waals surface area contributed by atoms with Crippen LogP contribution in [-0.4, -0.2) is 11.8 Å². The van der Waals surface area contributed by atoms with E-state index in [4.69, 9.17) is 0 Å². The maximum absolute atomic E-state index is 13.4. The first-order chi connectivity index (χ1) is 16.9. The number of hydrogen-bond donors (Lipinski definition) is 2. The maximum Gasteiger partial charge on any atom is 0.255 e. The molecule has 1 unspecified atom stereocenters. The average molecular weight is 481 g/mol. The molecule has 0 saturated heterocycles. The van der Waals surface area contributed by atoms with Gasteiger partial charge in [-0.3, -0.25) is 9.59 Å². The molecule has 0 aliphatic heterocycles. The van der Waals surface area contributed by atoms with Crippen molar-refractivity contribution in [2.45, 2.75) is 30.9 Å². The minimum Gasteiger partial charge on any atom is -0.325 e. The summed E-state index contributed by atoms with van der Waals surface area (Å²) in [5, 5.41) is 5.58. The van der Waals surface area contributed by atoms with Crippen molar-refractivity contribution in [1.82, 2.24) is 0 Å². The van der Waals surface area contributed by atoms with Crippen LogP contribution in [0.1, 0.15) is 37.9 Å². The highest BCUT2D eigenvalue weighted by molar-refractivity contribution is 8.00. The van der Waals surface area contributed by atoms with Gasteiger partial charge in [0.2, 0.25) is 5.91 Å². The summed E-state index contributed by atoms with van der Waals surface area (Å²) < 4.78 is 0. The molecule has 1 atom stereocenters. The van der Waals surface area contributed by atoms with Gasteiger partial charge < -0.3 is 10.6 Å². The first kappa shape index (κ1) is 24.3. The standard InChI is InChI=1S/C30H28N2O2S/c1-20-9-7-12-24(17-20)29(33)31-25-13-8-14-27(19-25)35-28(23-10-5-4-6-11-23)30(34)32-26-16-15-21(2)22(3)18-26/h4-19,28H,1-3H3,(H,31,33)(H,32,34). The second-order valence-corrected chi connectivity index (χ2v) is 9.73. The Balaban J connectivity index is 1.54. The summed E-state index contributed by atoms with van der Waals surface area (Å²) in [4.78, 5) is 27.0. The van der Waals surface area contributed by atoms with Crippen molar-refractivity contribution in [3.63, 3.8) is 0 Å². The molecule has 0 saturated carbocycles. The van der Waals surface area contributed by atoms with E-state index in [9.17, 15) is 9.59 Å². The summed E-state index contributed by atoms with van der Waals surface area (Å²) in [5.74, 6) is -0.262. The fraction of sp³-hybridized carbons (Fsp3) is 0.133. The fourth-order valence-corrected chi connectivity index (χ4v) is 4.78. The first-order valence-corrected chi connectivity index (χ1v) is 12.3. The minimum atomic E-state index is -0.458. The molecule has 35 heavy (non-hydrogen) atoms. The van der Waals surface area contributed by atoms with Crippen LogP contribution < -0.4 is 10.6 Å². The smallest absolute Gasteiger partial charge is 0.255 e. The summed E-state index contributed by atoms with van der Waals surface area (Å²) in [6, 6.07) is 30.7. The third-order valence-electron chi connectivity index (χ3n) is 5.74. The van der Waals surface area contributed by atoms with Gasteiger partial charge in [0.15, 0.2) is 0 Å². The fourth-order valence-electron chi connectivity index (χ4n) is 3.70. The highest BCUT2D eigenvalue weighted by Gasteiger charge is 2.22. The molecule has 0 aliphatic carbocycles. The van der Waals surface area contributed by atoms with Crippen molar-refractivity contribution in [3.8, 4) is 0 Å². The summed E-state index contributed by atoms with van der Waals surface area (Å²) in [6.07, 6.45) is 0. The summed E-state index contributed by atoms with van der Waals surface area (Å²) in [7, 11) is 0. The predicted octanol–water partition coefficient (Wildman–Crippen LogP) is 7.34. The Morgan fingerprint density at radius 2 is 1.43 bits per heavy atom. The molecule has 0 spiro atoms. The second kappa shape index (κ2) is 11.1. The molecule has 176 valence electrons. The molecule has 0 bridgehead atoms. The van der Waals surface area contributed by atoms with Crippen LogP contribution in [0.25, 0.3) is 0 Å². The number of carbonyl (C=O) groups is 2. The number of rotatable bonds is 7. The zero-order valence-corrected chi connectivity index (χ0v) is 20.9. The zero-order valence-electron chi connectivity index (χ0n) is 20.0. The third kappa shape index (κ3) is 6.40. The van der Waals surface area contributed by atoms with E-state index < -0.39 is 5.25 Å². The second-order valence-electron chi connectivity index (χ2n) is 8.55. The van der Waals surface area contributed by atoms with Gasteiger partial charge in [0, 0.05) is 21.8 Å². The van der Waals surface area contributed by atoms with Gasteiger partial charge in [-0.1, -0.05) is 60.2 Å². The Hall–Kier alpha value is -3.83. The molecular formula is C30H28N2O2S. The van der Waals surface area contributed by atoms with Crippen molar-refractivity contribution < 1.29 is 9.59 Å². The number of nitrogens with one attached hydrogen (secondary N) is 2. The van der Waals surface area contributed by atoms with Gasteiger partial charge in [-0.2, -0.15) is 0 Å². The van der Waals surface area contributed by atoms with E-state index in [0.29, 0.717) is 11.3 Å². The summed E-state index contributed by atoms with van der Waals surface area (Å²) in [5.41, 5.74) is 6.32. The van der Waals surface area contributed by atoms with Crippen molar-refractivity contribution >= 4 is 35.0 Å². The average Bonchev–Trinajstić information content (AvgIpc) is 2.85. The van der Waals surface area contributed by atoms with Crippen LogP contribution in [0.3, 0.4) is 0 Å². The van der Waals surface area contributed by atoms with E-state index in [1.807, 2.05) is 112 Å². The maximum atomic E-state index is 13.4. The summed E-state index contributed by atoms with van der Waals surface area (Å²) >= 11 is 1.45.